The van der Waals surface area contributed by atoms with Gasteiger partial charge in [-0.25, -0.2) is 0 Å². The summed E-state index contributed by atoms with van der Waals surface area (Å²) in [7, 11) is 1.74. The monoisotopic (exact) mass is 587 g/mol. The van der Waals surface area contributed by atoms with Gasteiger partial charge in [-0.3, -0.25) is 0 Å². The minimum absolute atomic E-state index is 0.546. The second-order valence-corrected chi connectivity index (χ2v) is 12.2. The van der Waals surface area contributed by atoms with Crippen molar-refractivity contribution in [2.24, 2.45) is 23.7 Å². The molecule has 1 aromatic carbocycles. The van der Waals surface area contributed by atoms with Crippen LogP contribution in [-0.2, 0) is 0 Å². The Morgan fingerprint density at radius 2 is 1.84 bits per heavy atom. The van der Waals surface area contributed by atoms with Crippen molar-refractivity contribution in [1.29, 1.82) is 0 Å². The standard InChI is InChI=1S/C40H60O.C2H6/c1-8-12-20-33(6)40(36(11-4)18-9-2)37(19-10-3)24-16-23-35-29-27-34(28-30-35)22-15-13-14-21-32(5)38-25-17-26-39(31-38)41-7;1-2/h8,11-13,15,17,20,25-27,29-32,34,36-37,40H,4,9-10,14,16,18-19,21-24,28H2,1-3,5-7H3;1-2H3/b12-8-,15-13-,33-20+;/t32-,34?,36?,37?,40?;/m0./s1. The molecule has 0 aliphatic heterocycles. The van der Waals surface area contributed by atoms with Crippen LogP contribution < -0.4 is 4.74 Å². The first-order chi connectivity index (χ1) is 21.0. The lowest BCUT2D eigenvalue weighted by Crippen LogP contribution is -2.24. The Kier molecular flexibility index (Phi) is 21.4. The van der Waals surface area contributed by atoms with Gasteiger partial charge in [-0.1, -0.05) is 132 Å². The van der Waals surface area contributed by atoms with Crippen molar-refractivity contribution >= 4 is 0 Å². The van der Waals surface area contributed by atoms with E-state index in [0.29, 0.717) is 23.7 Å². The molecule has 0 spiro atoms. The van der Waals surface area contributed by atoms with Crippen LogP contribution in [0.1, 0.15) is 131 Å². The fraction of sp³-hybridized carbons (Fsp3) is 0.571. The molecule has 0 bridgehead atoms. The summed E-state index contributed by atoms with van der Waals surface area (Å²) >= 11 is 0. The Labute approximate surface area is 268 Å². The molecule has 1 heteroatoms. The van der Waals surface area contributed by atoms with Gasteiger partial charge in [0.05, 0.1) is 7.11 Å². The lowest BCUT2D eigenvalue weighted by atomic mass is 9.71. The first-order valence-electron chi connectivity index (χ1n) is 17.5. The van der Waals surface area contributed by atoms with Crippen LogP contribution in [0.25, 0.3) is 0 Å². The zero-order chi connectivity index (χ0) is 31.9. The van der Waals surface area contributed by atoms with Crippen LogP contribution in [-0.4, -0.2) is 7.11 Å². The summed E-state index contributed by atoms with van der Waals surface area (Å²) in [5.74, 6) is 4.05. The van der Waals surface area contributed by atoms with E-state index in [2.05, 4.69) is 114 Å². The SMILES string of the molecule is C=CC(CCC)C(/C(C)=C/C=C\C)C(CCC)CCCC1=CCC(C/C=C\CC[C@H](C)c2cccc(OC)c2)C=C1.CC. The molecule has 1 nitrogen and oxygen atoms in total. The number of hydrogen-bond acceptors (Lipinski definition) is 1. The summed E-state index contributed by atoms with van der Waals surface area (Å²) in [6, 6.07) is 8.49. The summed E-state index contributed by atoms with van der Waals surface area (Å²) in [5.41, 5.74) is 4.44. The minimum Gasteiger partial charge on any atom is -0.497 e. The lowest BCUT2D eigenvalue weighted by molar-refractivity contribution is 0.255. The van der Waals surface area contributed by atoms with Crippen LogP contribution in [0.15, 0.2) is 96.7 Å². The third-order valence-corrected chi connectivity index (χ3v) is 8.97. The van der Waals surface area contributed by atoms with E-state index < -0.39 is 0 Å². The van der Waals surface area contributed by atoms with Gasteiger partial charge in [0.25, 0.3) is 0 Å². The van der Waals surface area contributed by atoms with Gasteiger partial charge in [0.2, 0.25) is 0 Å². The molecule has 5 atom stereocenters. The molecule has 0 aromatic heterocycles. The molecule has 0 N–H and O–H groups in total. The molecule has 43 heavy (non-hydrogen) atoms. The summed E-state index contributed by atoms with van der Waals surface area (Å²) in [5, 5.41) is 0. The average molecular weight is 587 g/mol. The summed E-state index contributed by atoms with van der Waals surface area (Å²) in [4.78, 5) is 0. The van der Waals surface area contributed by atoms with E-state index in [1.165, 1.54) is 68.9 Å². The quantitative estimate of drug-likeness (QED) is 0.109. The number of hydrogen-bond donors (Lipinski definition) is 0. The molecule has 1 aliphatic rings. The summed E-state index contributed by atoms with van der Waals surface area (Å²) < 4.78 is 5.38. The number of benzene rings is 1. The molecule has 0 heterocycles. The van der Waals surface area contributed by atoms with Crippen molar-refractivity contribution in [2.75, 3.05) is 7.11 Å². The molecule has 4 unspecified atom stereocenters. The number of methoxy groups -OCH3 is 1. The van der Waals surface area contributed by atoms with Crippen molar-refractivity contribution in [3.05, 3.63) is 102 Å². The molecular weight excluding hydrogens is 520 g/mol. The number of allylic oxidation sites excluding steroid dienone is 11. The number of rotatable bonds is 20. The van der Waals surface area contributed by atoms with Crippen molar-refractivity contribution in [3.8, 4) is 5.75 Å². The van der Waals surface area contributed by atoms with E-state index in [4.69, 9.17) is 4.74 Å². The predicted molar refractivity (Wildman–Crippen MR) is 194 cm³/mol. The van der Waals surface area contributed by atoms with Gasteiger partial charge in [-0.2, -0.15) is 0 Å². The van der Waals surface area contributed by atoms with Gasteiger partial charge in [0.1, 0.15) is 5.75 Å². The normalized spacial score (nSPS) is 18.1. The summed E-state index contributed by atoms with van der Waals surface area (Å²) in [6.07, 6.45) is 34.6. The Hall–Kier alpha value is -2.54. The molecule has 0 saturated carbocycles. The first-order valence-corrected chi connectivity index (χ1v) is 17.5. The highest BCUT2D eigenvalue weighted by Crippen LogP contribution is 2.38. The average Bonchev–Trinajstić information content (AvgIpc) is 3.04. The van der Waals surface area contributed by atoms with Crippen molar-refractivity contribution in [1.82, 2.24) is 0 Å². The Morgan fingerprint density at radius 3 is 2.47 bits per heavy atom. The lowest BCUT2D eigenvalue weighted by Gasteiger charge is -2.34. The highest BCUT2D eigenvalue weighted by Gasteiger charge is 2.28. The van der Waals surface area contributed by atoms with Crippen LogP contribution >= 0.6 is 0 Å². The topological polar surface area (TPSA) is 9.23 Å². The maximum atomic E-state index is 5.38. The smallest absolute Gasteiger partial charge is 0.119 e. The van der Waals surface area contributed by atoms with Crippen molar-refractivity contribution in [2.45, 2.75) is 125 Å². The molecule has 240 valence electrons. The van der Waals surface area contributed by atoms with E-state index in [1.807, 2.05) is 19.9 Å². The van der Waals surface area contributed by atoms with Crippen LogP contribution in [0.4, 0.5) is 0 Å². The zero-order valence-corrected chi connectivity index (χ0v) is 29.3. The van der Waals surface area contributed by atoms with E-state index in [9.17, 15) is 0 Å². The largest absolute Gasteiger partial charge is 0.497 e. The fourth-order valence-electron chi connectivity index (χ4n) is 6.56. The van der Waals surface area contributed by atoms with Gasteiger partial charge in [0, 0.05) is 0 Å². The maximum absolute atomic E-state index is 5.38. The van der Waals surface area contributed by atoms with Gasteiger partial charge in [-0.05, 0) is 112 Å². The second-order valence-electron chi connectivity index (χ2n) is 12.2. The Bertz CT molecular complexity index is 1020. The van der Waals surface area contributed by atoms with Crippen LogP contribution in [0.3, 0.4) is 0 Å². The highest BCUT2D eigenvalue weighted by molar-refractivity contribution is 5.30. The van der Waals surface area contributed by atoms with E-state index in [1.54, 1.807) is 12.7 Å². The highest BCUT2D eigenvalue weighted by atomic mass is 16.5. The molecule has 2 rings (SSSR count). The van der Waals surface area contributed by atoms with E-state index in [0.717, 1.165) is 24.5 Å². The third kappa shape index (κ3) is 14.7. The first kappa shape index (κ1) is 38.5. The van der Waals surface area contributed by atoms with Crippen LogP contribution in [0.2, 0.25) is 0 Å². The molecule has 1 aliphatic carbocycles. The van der Waals surface area contributed by atoms with Crippen LogP contribution in [0, 0.1) is 23.7 Å². The zero-order valence-electron chi connectivity index (χ0n) is 29.3. The fourth-order valence-corrected chi connectivity index (χ4v) is 6.56. The molecule has 0 amide bonds. The van der Waals surface area contributed by atoms with Crippen LogP contribution in [0.5, 0.6) is 5.75 Å². The molecule has 0 saturated heterocycles. The molecular formula is C42H66O. The van der Waals surface area contributed by atoms with E-state index >= 15 is 0 Å². The van der Waals surface area contributed by atoms with Crippen molar-refractivity contribution in [3.63, 3.8) is 0 Å². The van der Waals surface area contributed by atoms with Crippen molar-refractivity contribution < 1.29 is 4.74 Å². The molecule has 1 aromatic rings. The second kappa shape index (κ2) is 23.9. The van der Waals surface area contributed by atoms with Gasteiger partial charge in [0.15, 0.2) is 0 Å². The van der Waals surface area contributed by atoms with Gasteiger partial charge >= 0.3 is 0 Å². The Morgan fingerprint density at radius 1 is 1.07 bits per heavy atom. The third-order valence-electron chi connectivity index (χ3n) is 8.97. The predicted octanol–water partition coefficient (Wildman–Crippen LogP) is 13.4. The van der Waals surface area contributed by atoms with Gasteiger partial charge < -0.3 is 4.74 Å². The Balaban J connectivity index is 0.00000452. The summed E-state index contributed by atoms with van der Waals surface area (Å²) in [6.45, 7) is 19.7. The molecule has 0 fully saturated rings. The molecule has 0 radical (unpaired) electrons. The van der Waals surface area contributed by atoms with E-state index in [-0.39, 0.29) is 0 Å². The van der Waals surface area contributed by atoms with Gasteiger partial charge in [-0.15, -0.1) is 6.58 Å². The minimum atomic E-state index is 0.546. The number of ether oxygens (including phenoxy) is 1. The maximum Gasteiger partial charge on any atom is 0.119 e.